The Hall–Kier alpha value is -0.0551. The largest absolute Gasteiger partial charge is 0.457 e. The SMILES string of the molecule is CC(C)(O)CCB1OC(C)(C)C(C)(C)O1. The molecular formula is C11H23BO3. The van der Waals surface area contributed by atoms with Crippen LogP contribution < -0.4 is 0 Å². The molecule has 1 N–H and O–H groups in total. The highest BCUT2D eigenvalue weighted by molar-refractivity contribution is 6.45. The molecule has 0 unspecified atom stereocenters. The van der Waals surface area contributed by atoms with E-state index < -0.39 is 5.60 Å². The maximum absolute atomic E-state index is 9.63. The van der Waals surface area contributed by atoms with Crippen LogP contribution in [0.5, 0.6) is 0 Å². The van der Waals surface area contributed by atoms with Crippen LogP contribution >= 0.6 is 0 Å². The van der Waals surface area contributed by atoms with Crippen molar-refractivity contribution in [3.05, 3.63) is 0 Å². The van der Waals surface area contributed by atoms with Crippen LogP contribution in [0, 0.1) is 0 Å². The topological polar surface area (TPSA) is 38.7 Å². The first-order valence-electron chi connectivity index (χ1n) is 5.62. The van der Waals surface area contributed by atoms with Crippen molar-refractivity contribution in [2.45, 2.75) is 71.1 Å². The zero-order valence-electron chi connectivity index (χ0n) is 10.8. The van der Waals surface area contributed by atoms with Crippen molar-refractivity contribution >= 4 is 7.12 Å². The molecular weight excluding hydrogens is 191 g/mol. The van der Waals surface area contributed by atoms with Crippen molar-refractivity contribution in [2.24, 2.45) is 0 Å². The summed E-state index contributed by atoms with van der Waals surface area (Å²) in [6.07, 6.45) is 1.42. The highest BCUT2D eigenvalue weighted by Crippen LogP contribution is 2.38. The summed E-state index contributed by atoms with van der Waals surface area (Å²) in [5.41, 5.74) is -1.18. The van der Waals surface area contributed by atoms with Crippen molar-refractivity contribution in [3.8, 4) is 0 Å². The Bertz CT molecular complexity index is 214. The fraction of sp³-hybridized carbons (Fsp3) is 1.00. The fourth-order valence-electron chi connectivity index (χ4n) is 1.55. The molecule has 0 saturated carbocycles. The molecule has 0 spiro atoms. The fourth-order valence-corrected chi connectivity index (χ4v) is 1.55. The molecule has 0 atom stereocenters. The second-order valence-corrected chi connectivity index (χ2v) is 6.04. The van der Waals surface area contributed by atoms with Crippen LogP contribution in [0.3, 0.4) is 0 Å². The van der Waals surface area contributed by atoms with Gasteiger partial charge in [0.05, 0.1) is 16.8 Å². The molecule has 0 aromatic carbocycles. The standard InChI is InChI=1S/C11H23BO3/c1-9(2,13)7-8-12-14-10(3,4)11(5,6)15-12/h13H,7-8H2,1-6H3. The first-order valence-corrected chi connectivity index (χ1v) is 5.62. The maximum Gasteiger partial charge on any atom is 0.457 e. The lowest BCUT2D eigenvalue weighted by molar-refractivity contribution is 0.00578. The Morgan fingerprint density at radius 1 is 1.07 bits per heavy atom. The second kappa shape index (κ2) is 3.76. The van der Waals surface area contributed by atoms with Gasteiger partial charge in [0.15, 0.2) is 0 Å². The summed E-state index contributed by atoms with van der Waals surface area (Å²) in [5, 5.41) is 9.63. The quantitative estimate of drug-likeness (QED) is 0.732. The van der Waals surface area contributed by atoms with Crippen molar-refractivity contribution < 1.29 is 14.4 Å². The monoisotopic (exact) mass is 214 g/mol. The summed E-state index contributed by atoms with van der Waals surface area (Å²) in [4.78, 5) is 0. The van der Waals surface area contributed by atoms with Gasteiger partial charge >= 0.3 is 7.12 Å². The van der Waals surface area contributed by atoms with Gasteiger partial charge in [-0.1, -0.05) is 0 Å². The number of aliphatic hydroxyl groups is 1. The molecule has 1 fully saturated rings. The van der Waals surface area contributed by atoms with E-state index in [9.17, 15) is 5.11 Å². The molecule has 1 rings (SSSR count). The van der Waals surface area contributed by atoms with Gasteiger partial charge in [0.2, 0.25) is 0 Å². The minimum Gasteiger partial charge on any atom is -0.403 e. The highest BCUT2D eigenvalue weighted by atomic mass is 16.7. The molecule has 1 aliphatic heterocycles. The predicted octanol–water partition coefficient (Wildman–Crippen LogP) is 2.24. The number of hydrogen-bond donors (Lipinski definition) is 1. The van der Waals surface area contributed by atoms with Crippen LogP contribution in [0.4, 0.5) is 0 Å². The predicted molar refractivity (Wildman–Crippen MR) is 61.8 cm³/mol. The lowest BCUT2D eigenvalue weighted by atomic mass is 9.79. The van der Waals surface area contributed by atoms with Gasteiger partial charge in [-0.3, -0.25) is 0 Å². The molecule has 0 radical (unpaired) electrons. The van der Waals surface area contributed by atoms with E-state index in [0.29, 0.717) is 6.42 Å². The van der Waals surface area contributed by atoms with Crippen LogP contribution in [0.1, 0.15) is 48.0 Å². The number of rotatable bonds is 3. The summed E-state index contributed by atoms with van der Waals surface area (Å²) < 4.78 is 11.7. The molecule has 0 amide bonds. The maximum atomic E-state index is 9.63. The molecule has 1 heterocycles. The summed E-state index contributed by atoms with van der Waals surface area (Å²) in [6.45, 7) is 11.8. The Labute approximate surface area is 93.3 Å². The highest BCUT2D eigenvalue weighted by Gasteiger charge is 2.50. The average molecular weight is 214 g/mol. The van der Waals surface area contributed by atoms with Gasteiger partial charge in [-0.2, -0.15) is 0 Å². The van der Waals surface area contributed by atoms with E-state index in [-0.39, 0.29) is 18.3 Å². The lowest BCUT2D eigenvalue weighted by Crippen LogP contribution is -2.41. The van der Waals surface area contributed by atoms with E-state index in [1.165, 1.54) is 0 Å². The van der Waals surface area contributed by atoms with Crippen LogP contribution in [0.2, 0.25) is 6.32 Å². The molecule has 0 aliphatic carbocycles. The van der Waals surface area contributed by atoms with Gasteiger partial charge in [-0.15, -0.1) is 0 Å². The van der Waals surface area contributed by atoms with E-state index >= 15 is 0 Å². The Balaban J connectivity index is 2.50. The van der Waals surface area contributed by atoms with E-state index in [0.717, 1.165) is 6.32 Å². The minimum atomic E-state index is -0.649. The second-order valence-electron chi connectivity index (χ2n) is 6.04. The van der Waals surface area contributed by atoms with Crippen molar-refractivity contribution in [1.82, 2.24) is 0 Å². The minimum absolute atomic E-state index is 0.193. The van der Waals surface area contributed by atoms with E-state index in [4.69, 9.17) is 9.31 Å². The third-order valence-electron chi connectivity index (χ3n) is 3.29. The van der Waals surface area contributed by atoms with Gasteiger partial charge in [0, 0.05) is 0 Å². The van der Waals surface area contributed by atoms with E-state index in [2.05, 4.69) is 0 Å². The van der Waals surface area contributed by atoms with Crippen LogP contribution in [0.15, 0.2) is 0 Å². The molecule has 0 aromatic rings. The van der Waals surface area contributed by atoms with Gasteiger partial charge in [0.25, 0.3) is 0 Å². The molecule has 0 bridgehead atoms. The van der Waals surface area contributed by atoms with Crippen molar-refractivity contribution in [3.63, 3.8) is 0 Å². The van der Waals surface area contributed by atoms with Crippen molar-refractivity contribution in [1.29, 1.82) is 0 Å². The van der Waals surface area contributed by atoms with Crippen molar-refractivity contribution in [2.75, 3.05) is 0 Å². The molecule has 3 nitrogen and oxygen atoms in total. The zero-order chi connectivity index (χ0) is 11.9. The Morgan fingerprint density at radius 3 is 1.80 bits per heavy atom. The van der Waals surface area contributed by atoms with E-state index in [1.807, 2.05) is 27.7 Å². The third-order valence-corrected chi connectivity index (χ3v) is 3.29. The first-order chi connectivity index (χ1) is 6.54. The van der Waals surface area contributed by atoms with E-state index in [1.54, 1.807) is 13.8 Å². The van der Waals surface area contributed by atoms with Gasteiger partial charge in [-0.05, 0) is 54.3 Å². The Kier molecular flexibility index (Phi) is 3.26. The molecule has 0 aromatic heterocycles. The van der Waals surface area contributed by atoms with Gasteiger partial charge in [-0.25, -0.2) is 0 Å². The number of hydrogen-bond acceptors (Lipinski definition) is 3. The van der Waals surface area contributed by atoms with Crippen LogP contribution in [-0.2, 0) is 9.31 Å². The first kappa shape index (κ1) is 13.0. The normalized spacial score (nSPS) is 24.6. The van der Waals surface area contributed by atoms with Crippen LogP contribution in [-0.4, -0.2) is 29.0 Å². The average Bonchev–Trinajstić information content (AvgIpc) is 2.16. The summed E-state index contributed by atoms with van der Waals surface area (Å²) >= 11 is 0. The molecule has 4 heteroatoms. The molecule has 1 aliphatic rings. The smallest absolute Gasteiger partial charge is 0.403 e. The van der Waals surface area contributed by atoms with Crippen LogP contribution in [0.25, 0.3) is 0 Å². The summed E-state index contributed by atoms with van der Waals surface area (Å²) in [7, 11) is -0.193. The molecule has 15 heavy (non-hydrogen) atoms. The van der Waals surface area contributed by atoms with Gasteiger partial charge in [0.1, 0.15) is 0 Å². The Morgan fingerprint density at radius 2 is 1.47 bits per heavy atom. The van der Waals surface area contributed by atoms with Gasteiger partial charge < -0.3 is 14.4 Å². The molecule has 88 valence electrons. The lowest BCUT2D eigenvalue weighted by Gasteiger charge is -2.32. The summed E-state index contributed by atoms with van der Waals surface area (Å²) in [6, 6.07) is 0. The third kappa shape index (κ3) is 3.20. The molecule has 1 saturated heterocycles. The zero-order valence-corrected chi connectivity index (χ0v) is 10.8. The summed E-state index contributed by atoms with van der Waals surface area (Å²) in [5.74, 6) is 0.